The number of carbonyl (C=O) groups excluding carboxylic acids is 2. The molecule has 3 aromatic rings. The quantitative estimate of drug-likeness (QED) is 0.572. The molecule has 1 fully saturated rings. The second kappa shape index (κ2) is 8.65. The van der Waals surface area contributed by atoms with Gasteiger partial charge in [-0.2, -0.15) is 0 Å². The average Bonchev–Trinajstić information content (AvgIpc) is 3.00. The Morgan fingerprint density at radius 3 is 2.15 bits per heavy atom. The first-order valence-electron chi connectivity index (χ1n) is 11.1. The molecule has 0 unspecified atom stereocenters. The number of benzene rings is 3. The highest BCUT2D eigenvalue weighted by atomic mass is 16.7. The van der Waals surface area contributed by atoms with E-state index in [9.17, 15) is 9.59 Å². The van der Waals surface area contributed by atoms with E-state index in [0.717, 1.165) is 21.8 Å². The van der Waals surface area contributed by atoms with Crippen LogP contribution in [0.4, 0.5) is 0 Å². The molecule has 6 nitrogen and oxygen atoms in total. The largest absolute Gasteiger partial charge is 0.494 e. The van der Waals surface area contributed by atoms with Crippen LogP contribution in [0.5, 0.6) is 0 Å². The van der Waals surface area contributed by atoms with Gasteiger partial charge in [-0.05, 0) is 55.6 Å². The lowest BCUT2D eigenvalue weighted by Gasteiger charge is -2.32. The van der Waals surface area contributed by atoms with E-state index >= 15 is 0 Å². The van der Waals surface area contributed by atoms with Gasteiger partial charge in [0.05, 0.1) is 11.2 Å². The number of fused-ring (bicyclic) bond motifs is 1. The highest BCUT2D eigenvalue weighted by Crippen LogP contribution is 2.36. The van der Waals surface area contributed by atoms with Gasteiger partial charge in [0, 0.05) is 12.0 Å². The van der Waals surface area contributed by atoms with Crippen LogP contribution in [0.25, 0.3) is 10.8 Å². The maximum Gasteiger partial charge on any atom is 0.494 e. The van der Waals surface area contributed by atoms with Gasteiger partial charge in [-0.25, -0.2) is 0 Å². The lowest BCUT2D eigenvalue weighted by Crippen LogP contribution is -2.46. The molecule has 0 aromatic heterocycles. The van der Waals surface area contributed by atoms with E-state index in [1.807, 2.05) is 88.4 Å². The van der Waals surface area contributed by atoms with E-state index in [4.69, 9.17) is 15.0 Å². The molecule has 1 aliphatic rings. The van der Waals surface area contributed by atoms with E-state index in [1.165, 1.54) is 0 Å². The molecule has 1 heterocycles. The van der Waals surface area contributed by atoms with Gasteiger partial charge >= 0.3 is 7.12 Å². The van der Waals surface area contributed by atoms with E-state index < -0.39 is 30.3 Å². The molecular weight excluding hydrogens is 415 g/mol. The summed E-state index contributed by atoms with van der Waals surface area (Å²) in [6.07, 6.45) is 0.287. The molecule has 2 amide bonds. The van der Waals surface area contributed by atoms with Gasteiger partial charge in [-0.15, -0.1) is 0 Å². The molecule has 0 spiro atoms. The van der Waals surface area contributed by atoms with E-state index in [2.05, 4.69) is 5.32 Å². The number of nitrogens with two attached hydrogens (primary N) is 1. The topological polar surface area (TPSA) is 90.6 Å². The van der Waals surface area contributed by atoms with Gasteiger partial charge in [-0.1, -0.05) is 60.7 Å². The fourth-order valence-electron chi connectivity index (χ4n) is 3.91. The van der Waals surface area contributed by atoms with Crippen molar-refractivity contribution in [1.82, 2.24) is 5.32 Å². The van der Waals surface area contributed by atoms with Crippen molar-refractivity contribution in [2.75, 3.05) is 0 Å². The number of nitrogens with one attached hydrogen (secondary N) is 1. The molecular formula is C26H29BN2O4. The van der Waals surface area contributed by atoms with Crippen LogP contribution >= 0.6 is 0 Å². The van der Waals surface area contributed by atoms with Gasteiger partial charge < -0.3 is 20.4 Å². The Kier molecular flexibility index (Phi) is 6.03. The Balaban J connectivity index is 1.47. The van der Waals surface area contributed by atoms with Crippen molar-refractivity contribution in [1.29, 1.82) is 0 Å². The Hall–Kier alpha value is -3.16. The summed E-state index contributed by atoms with van der Waals surface area (Å²) in [5.74, 6) is -0.914. The standard InChI is InChI=1S/C26H29BN2O4/c1-25(2)26(3,4)33-27(32-25)19-14-12-17(13-15-19)16-22(23(28)30)29-24(31)21-11-7-9-18-8-5-6-10-20(18)21/h5-15,22H,16H2,1-4H3,(H2,28,30)(H,29,31)/t22-/m1/s1. The predicted octanol–water partition coefficient (Wildman–Crippen LogP) is 2.97. The third-order valence-corrected chi connectivity index (χ3v) is 6.63. The van der Waals surface area contributed by atoms with Crippen molar-refractivity contribution in [3.63, 3.8) is 0 Å². The predicted molar refractivity (Wildman–Crippen MR) is 130 cm³/mol. The second-order valence-electron chi connectivity index (χ2n) is 9.49. The molecule has 4 rings (SSSR count). The Morgan fingerprint density at radius 1 is 0.909 bits per heavy atom. The van der Waals surface area contributed by atoms with Crippen LogP contribution in [0.3, 0.4) is 0 Å². The third-order valence-electron chi connectivity index (χ3n) is 6.63. The van der Waals surface area contributed by atoms with Gasteiger partial charge in [0.2, 0.25) is 5.91 Å². The second-order valence-corrected chi connectivity index (χ2v) is 9.49. The Labute approximate surface area is 194 Å². The number of hydrogen-bond donors (Lipinski definition) is 2. The first-order valence-corrected chi connectivity index (χ1v) is 11.1. The van der Waals surface area contributed by atoms with Crippen molar-refractivity contribution < 1.29 is 18.9 Å². The molecule has 0 radical (unpaired) electrons. The zero-order valence-electron chi connectivity index (χ0n) is 19.4. The fraction of sp³-hybridized carbons (Fsp3) is 0.308. The molecule has 7 heteroatoms. The minimum atomic E-state index is -0.834. The van der Waals surface area contributed by atoms with E-state index in [1.54, 1.807) is 6.07 Å². The minimum Gasteiger partial charge on any atom is -0.399 e. The van der Waals surface area contributed by atoms with Crippen LogP contribution in [-0.2, 0) is 20.5 Å². The normalized spacial score (nSPS) is 17.6. The highest BCUT2D eigenvalue weighted by molar-refractivity contribution is 6.62. The number of carbonyl (C=O) groups is 2. The van der Waals surface area contributed by atoms with Crippen molar-refractivity contribution in [2.24, 2.45) is 5.73 Å². The molecule has 170 valence electrons. The summed E-state index contributed by atoms with van der Waals surface area (Å²) >= 11 is 0. The van der Waals surface area contributed by atoms with Gasteiger partial charge in [0.1, 0.15) is 6.04 Å². The first-order chi connectivity index (χ1) is 15.6. The maximum atomic E-state index is 13.0. The first kappa shape index (κ1) is 23.0. The number of amides is 2. The van der Waals surface area contributed by atoms with E-state index in [-0.39, 0.29) is 12.3 Å². The Bertz CT molecular complexity index is 1170. The summed E-state index contributed by atoms with van der Waals surface area (Å²) in [7, 11) is -0.456. The molecule has 1 aliphatic heterocycles. The minimum absolute atomic E-state index is 0.287. The van der Waals surface area contributed by atoms with Crippen LogP contribution in [0.1, 0.15) is 43.6 Å². The molecule has 1 atom stereocenters. The SMILES string of the molecule is CC1(C)OB(c2ccc(C[C@@H](NC(=O)c3cccc4ccccc34)C(N)=O)cc2)OC1(C)C. The number of rotatable bonds is 6. The summed E-state index contributed by atoms with van der Waals surface area (Å²) in [5.41, 5.74) is 7.06. The van der Waals surface area contributed by atoms with Crippen molar-refractivity contribution in [3.05, 3.63) is 77.9 Å². The van der Waals surface area contributed by atoms with E-state index in [0.29, 0.717) is 5.56 Å². The molecule has 0 saturated carbocycles. The van der Waals surface area contributed by atoms with Crippen molar-refractivity contribution in [3.8, 4) is 0 Å². The lowest BCUT2D eigenvalue weighted by molar-refractivity contribution is -0.119. The molecule has 3 aromatic carbocycles. The van der Waals surface area contributed by atoms with Gasteiger partial charge in [0.25, 0.3) is 5.91 Å². The summed E-state index contributed by atoms with van der Waals surface area (Å²) < 4.78 is 12.2. The fourth-order valence-corrected chi connectivity index (χ4v) is 3.91. The van der Waals surface area contributed by atoms with Crippen LogP contribution in [-0.4, -0.2) is 36.2 Å². The highest BCUT2D eigenvalue weighted by Gasteiger charge is 2.51. The molecule has 0 aliphatic carbocycles. The molecule has 0 bridgehead atoms. The van der Waals surface area contributed by atoms with Crippen molar-refractivity contribution >= 4 is 35.2 Å². The maximum absolute atomic E-state index is 13.0. The van der Waals surface area contributed by atoms with Gasteiger partial charge in [0.15, 0.2) is 0 Å². The zero-order valence-corrected chi connectivity index (χ0v) is 19.4. The smallest absolute Gasteiger partial charge is 0.399 e. The van der Waals surface area contributed by atoms with Crippen LogP contribution in [0.2, 0.25) is 0 Å². The summed E-state index contributed by atoms with van der Waals surface area (Å²) in [4.78, 5) is 25.1. The molecule has 3 N–H and O–H groups in total. The van der Waals surface area contributed by atoms with Crippen LogP contribution < -0.4 is 16.5 Å². The molecule has 1 saturated heterocycles. The average molecular weight is 444 g/mol. The van der Waals surface area contributed by atoms with Crippen LogP contribution in [0, 0.1) is 0 Å². The van der Waals surface area contributed by atoms with Gasteiger partial charge in [-0.3, -0.25) is 9.59 Å². The monoisotopic (exact) mass is 444 g/mol. The summed E-state index contributed by atoms with van der Waals surface area (Å²) in [6.45, 7) is 8.05. The summed E-state index contributed by atoms with van der Waals surface area (Å²) in [6, 6.07) is 20.0. The zero-order chi connectivity index (χ0) is 23.8. The summed E-state index contributed by atoms with van der Waals surface area (Å²) in [5, 5.41) is 4.59. The lowest BCUT2D eigenvalue weighted by atomic mass is 9.78. The third kappa shape index (κ3) is 4.65. The number of hydrogen-bond acceptors (Lipinski definition) is 4. The molecule has 33 heavy (non-hydrogen) atoms. The van der Waals surface area contributed by atoms with Crippen LogP contribution in [0.15, 0.2) is 66.7 Å². The number of primary amides is 1. The Morgan fingerprint density at radius 2 is 1.52 bits per heavy atom. The van der Waals surface area contributed by atoms with Crippen molar-refractivity contribution in [2.45, 2.75) is 51.4 Å².